The summed E-state index contributed by atoms with van der Waals surface area (Å²) < 4.78 is 5.17. The molecule has 11 heavy (non-hydrogen) atoms. The van der Waals surface area contributed by atoms with Gasteiger partial charge in [-0.1, -0.05) is 6.58 Å². The molecule has 1 unspecified atom stereocenters. The second-order valence-corrected chi connectivity index (χ2v) is 3.10. The second kappa shape index (κ2) is 2.34. The van der Waals surface area contributed by atoms with Crippen LogP contribution in [0.4, 0.5) is 0 Å². The van der Waals surface area contributed by atoms with Gasteiger partial charge >= 0.3 is 0 Å². The zero-order valence-corrected chi connectivity index (χ0v) is 6.25. The Hall–Kier alpha value is -0.830. The first kappa shape index (κ1) is 6.85. The largest absolute Gasteiger partial charge is 0.381 e. The molecule has 1 aliphatic heterocycles. The van der Waals surface area contributed by atoms with E-state index in [4.69, 9.17) is 4.74 Å². The SMILES string of the molecule is C=CC(=O)NC1[C@H]2COC[C@@H]12. The van der Waals surface area contributed by atoms with Crippen molar-refractivity contribution < 1.29 is 9.53 Å². The maximum Gasteiger partial charge on any atom is 0.243 e. The first-order valence-electron chi connectivity index (χ1n) is 3.83. The van der Waals surface area contributed by atoms with E-state index in [0.29, 0.717) is 17.9 Å². The summed E-state index contributed by atoms with van der Waals surface area (Å²) in [6, 6.07) is 0.370. The van der Waals surface area contributed by atoms with E-state index in [0.717, 1.165) is 13.2 Å². The minimum atomic E-state index is -0.0654. The molecule has 60 valence electrons. The first-order valence-corrected chi connectivity index (χ1v) is 3.83. The lowest BCUT2D eigenvalue weighted by Crippen LogP contribution is -2.27. The average Bonchev–Trinajstić information content (AvgIpc) is 2.52. The fourth-order valence-corrected chi connectivity index (χ4v) is 1.68. The van der Waals surface area contributed by atoms with Crippen LogP contribution < -0.4 is 5.32 Å². The molecule has 3 nitrogen and oxygen atoms in total. The number of carbonyl (C=O) groups excluding carboxylic acids is 1. The lowest BCUT2D eigenvalue weighted by Gasteiger charge is -2.03. The maximum absolute atomic E-state index is 10.8. The van der Waals surface area contributed by atoms with Crippen LogP contribution in [0.1, 0.15) is 0 Å². The zero-order chi connectivity index (χ0) is 7.84. The summed E-state index contributed by atoms with van der Waals surface area (Å²) in [6.45, 7) is 5.02. The molecule has 2 fully saturated rings. The molecule has 0 radical (unpaired) electrons. The molecule has 3 heteroatoms. The van der Waals surface area contributed by atoms with E-state index >= 15 is 0 Å². The van der Waals surface area contributed by atoms with Gasteiger partial charge in [0.2, 0.25) is 5.91 Å². The fourth-order valence-electron chi connectivity index (χ4n) is 1.68. The van der Waals surface area contributed by atoms with Gasteiger partial charge in [0.1, 0.15) is 0 Å². The highest BCUT2D eigenvalue weighted by molar-refractivity contribution is 5.87. The van der Waals surface area contributed by atoms with Crippen molar-refractivity contribution in [1.82, 2.24) is 5.32 Å². The highest BCUT2D eigenvalue weighted by Crippen LogP contribution is 2.43. The van der Waals surface area contributed by atoms with Crippen LogP contribution in [-0.2, 0) is 9.53 Å². The third-order valence-electron chi connectivity index (χ3n) is 2.45. The third-order valence-corrected chi connectivity index (χ3v) is 2.45. The Bertz CT molecular complexity index is 192. The van der Waals surface area contributed by atoms with Crippen LogP contribution in [0.5, 0.6) is 0 Å². The second-order valence-electron chi connectivity index (χ2n) is 3.10. The van der Waals surface area contributed by atoms with E-state index in [1.807, 2.05) is 0 Å². The van der Waals surface area contributed by atoms with Crippen LogP contribution in [0.15, 0.2) is 12.7 Å². The number of amides is 1. The van der Waals surface area contributed by atoms with Crippen LogP contribution in [0.3, 0.4) is 0 Å². The molecule has 1 N–H and O–H groups in total. The quantitative estimate of drug-likeness (QED) is 0.564. The standard InChI is InChI=1S/C8H11NO2/c1-2-7(10)9-8-5-3-11-4-6(5)8/h2,5-6,8H,1,3-4H2,(H,9,10)/t5-,6+,8?. The summed E-state index contributed by atoms with van der Waals surface area (Å²) in [4.78, 5) is 10.8. The van der Waals surface area contributed by atoms with Crippen LogP contribution in [0.2, 0.25) is 0 Å². The summed E-state index contributed by atoms with van der Waals surface area (Å²) >= 11 is 0. The molecule has 0 aromatic carbocycles. The minimum Gasteiger partial charge on any atom is -0.381 e. The predicted octanol–water partition coefficient (Wildman–Crippen LogP) is -0.0666. The molecule has 1 saturated heterocycles. The number of hydrogen-bond donors (Lipinski definition) is 1. The van der Waals surface area contributed by atoms with Crippen molar-refractivity contribution in [2.75, 3.05) is 13.2 Å². The lowest BCUT2D eigenvalue weighted by molar-refractivity contribution is -0.116. The Morgan fingerprint density at radius 3 is 2.73 bits per heavy atom. The Labute approximate surface area is 65.4 Å². The van der Waals surface area contributed by atoms with Gasteiger partial charge in [0, 0.05) is 17.9 Å². The Kier molecular flexibility index (Phi) is 1.46. The van der Waals surface area contributed by atoms with E-state index < -0.39 is 0 Å². The van der Waals surface area contributed by atoms with Crippen molar-refractivity contribution in [3.05, 3.63) is 12.7 Å². The van der Waals surface area contributed by atoms with Gasteiger partial charge in [0.25, 0.3) is 0 Å². The number of fused-ring (bicyclic) bond motifs is 1. The van der Waals surface area contributed by atoms with E-state index in [-0.39, 0.29) is 5.91 Å². The van der Waals surface area contributed by atoms with Crippen LogP contribution >= 0.6 is 0 Å². The van der Waals surface area contributed by atoms with Crippen molar-refractivity contribution in [2.24, 2.45) is 11.8 Å². The molecule has 1 saturated carbocycles. The molecular weight excluding hydrogens is 142 g/mol. The van der Waals surface area contributed by atoms with Crippen molar-refractivity contribution in [2.45, 2.75) is 6.04 Å². The number of carbonyl (C=O) groups is 1. The number of ether oxygens (including phenoxy) is 1. The fraction of sp³-hybridized carbons (Fsp3) is 0.625. The van der Waals surface area contributed by atoms with Gasteiger partial charge in [0.05, 0.1) is 13.2 Å². The van der Waals surface area contributed by atoms with Crippen LogP contribution in [0.25, 0.3) is 0 Å². The molecule has 3 atom stereocenters. The molecule has 0 aromatic heterocycles. The Morgan fingerprint density at radius 2 is 2.18 bits per heavy atom. The van der Waals surface area contributed by atoms with E-state index in [1.54, 1.807) is 0 Å². The minimum absolute atomic E-state index is 0.0654. The number of nitrogens with one attached hydrogen (secondary N) is 1. The van der Waals surface area contributed by atoms with Crippen molar-refractivity contribution >= 4 is 5.91 Å². The highest BCUT2D eigenvalue weighted by atomic mass is 16.5. The normalized spacial score (nSPS) is 39.5. The Morgan fingerprint density at radius 1 is 1.55 bits per heavy atom. The molecule has 0 bridgehead atoms. The third kappa shape index (κ3) is 1.05. The highest BCUT2D eigenvalue weighted by Gasteiger charge is 2.54. The summed E-state index contributed by atoms with van der Waals surface area (Å²) in [5.74, 6) is 1.10. The van der Waals surface area contributed by atoms with Gasteiger partial charge in [-0.05, 0) is 6.08 Å². The Balaban J connectivity index is 1.83. The van der Waals surface area contributed by atoms with E-state index in [9.17, 15) is 4.79 Å². The van der Waals surface area contributed by atoms with Crippen molar-refractivity contribution in [3.8, 4) is 0 Å². The number of hydrogen-bond acceptors (Lipinski definition) is 2. The van der Waals surface area contributed by atoms with E-state index in [2.05, 4.69) is 11.9 Å². The van der Waals surface area contributed by atoms with Crippen molar-refractivity contribution in [3.63, 3.8) is 0 Å². The molecule has 0 spiro atoms. The van der Waals surface area contributed by atoms with Gasteiger partial charge in [-0.15, -0.1) is 0 Å². The lowest BCUT2D eigenvalue weighted by atomic mass is 10.4. The smallest absolute Gasteiger partial charge is 0.243 e. The first-order chi connectivity index (χ1) is 5.33. The molecule has 1 heterocycles. The molecule has 2 aliphatic rings. The maximum atomic E-state index is 10.8. The molecule has 1 amide bonds. The summed E-state index contributed by atoms with van der Waals surface area (Å²) in [7, 11) is 0. The van der Waals surface area contributed by atoms with Gasteiger partial charge in [-0.25, -0.2) is 0 Å². The monoisotopic (exact) mass is 153 g/mol. The molecule has 0 aromatic rings. The van der Waals surface area contributed by atoms with Crippen LogP contribution in [-0.4, -0.2) is 25.2 Å². The van der Waals surface area contributed by atoms with E-state index in [1.165, 1.54) is 6.08 Å². The summed E-state index contributed by atoms with van der Waals surface area (Å²) in [6.07, 6.45) is 1.31. The summed E-state index contributed by atoms with van der Waals surface area (Å²) in [5.41, 5.74) is 0. The zero-order valence-electron chi connectivity index (χ0n) is 6.25. The molecule has 2 rings (SSSR count). The number of rotatable bonds is 2. The molecule has 1 aliphatic carbocycles. The van der Waals surface area contributed by atoms with Gasteiger partial charge in [0.15, 0.2) is 0 Å². The van der Waals surface area contributed by atoms with Gasteiger partial charge in [-0.2, -0.15) is 0 Å². The molecular formula is C8H11NO2. The van der Waals surface area contributed by atoms with Gasteiger partial charge in [-0.3, -0.25) is 4.79 Å². The predicted molar refractivity (Wildman–Crippen MR) is 39.9 cm³/mol. The van der Waals surface area contributed by atoms with Crippen molar-refractivity contribution in [1.29, 1.82) is 0 Å². The topological polar surface area (TPSA) is 38.3 Å². The average molecular weight is 153 g/mol. The van der Waals surface area contributed by atoms with Gasteiger partial charge < -0.3 is 10.1 Å². The summed E-state index contributed by atoms with van der Waals surface area (Å²) in [5, 5.41) is 2.87. The van der Waals surface area contributed by atoms with Crippen LogP contribution in [0, 0.1) is 11.8 Å².